The molecule has 2 aromatic carbocycles. The molecule has 4 rings (SSSR count). The molecule has 0 radical (unpaired) electrons. The molecule has 2 aromatic rings. The van der Waals surface area contributed by atoms with Crippen LogP contribution in [0.2, 0.25) is 0 Å². The molecule has 2 aliphatic rings. The van der Waals surface area contributed by atoms with Crippen LogP contribution < -0.4 is 5.73 Å². The summed E-state index contributed by atoms with van der Waals surface area (Å²) in [7, 11) is 0. The summed E-state index contributed by atoms with van der Waals surface area (Å²) in [4.78, 5) is 17.0. The number of nitrogens with two attached hydrogens (primary N) is 1. The summed E-state index contributed by atoms with van der Waals surface area (Å²) in [6.45, 7) is 12.8. The van der Waals surface area contributed by atoms with E-state index in [1.54, 1.807) is 0 Å². The Morgan fingerprint density at radius 1 is 1.06 bits per heavy atom. The highest BCUT2D eigenvalue weighted by Gasteiger charge is 2.41. The smallest absolute Gasteiger partial charge is 0.248 e. The molecule has 2 fully saturated rings. The molecule has 2 saturated heterocycles. The summed E-state index contributed by atoms with van der Waals surface area (Å²) in [6.07, 6.45) is 2.36. The molecule has 0 aliphatic carbocycles. The van der Waals surface area contributed by atoms with E-state index in [0.29, 0.717) is 23.4 Å². The van der Waals surface area contributed by atoms with Crippen LogP contribution in [0.4, 0.5) is 0 Å². The number of hydrogen-bond acceptors (Lipinski definition) is 3. The number of likely N-dealkylation sites (tertiary alicyclic amines) is 2. The van der Waals surface area contributed by atoms with Crippen molar-refractivity contribution in [2.45, 2.75) is 51.6 Å². The van der Waals surface area contributed by atoms with Crippen LogP contribution in [-0.2, 0) is 12.0 Å². The van der Waals surface area contributed by atoms with Gasteiger partial charge in [-0.05, 0) is 66.4 Å². The van der Waals surface area contributed by atoms with Crippen LogP contribution >= 0.6 is 0 Å². The Labute approximate surface area is 187 Å². The minimum Gasteiger partial charge on any atom is -0.366 e. The lowest BCUT2D eigenvalue weighted by molar-refractivity contribution is 0.0135. The Morgan fingerprint density at radius 2 is 1.84 bits per heavy atom. The molecule has 4 heteroatoms. The Bertz CT molecular complexity index is 898. The second-order valence-corrected chi connectivity index (χ2v) is 10.1. The maximum atomic E-state index is 11.7. The van der Waals surface area contributed by atoms with Gasteiger partial charge >= 0.3 is 0 Å². The van der Waals surface area contributed by atoms with Gasteiger partial charge in [0.25, 0.3) is 0 Å². The molecule has 0 saturated carbocycles. The van der Waals surface area contributed by atoms with Gasteiger partial charge in [0, 0.05) is 31.2 Å². The quantitative estimate of drug-likeness (QED) is 0.786. The van der Waals surface area contributed by atoms with Crippen molar-refractivity contribution in [3.8, 4) is 0 Å². The molecule has 166 valence electrons. The van der Waals surface area contributed by atoms with E-state index in [0.717, 1.165) is 26.1 Å². The average Bonchev–Trinajstić information content (AvgIpc) is 2.77. The molecule has 4 atom stereocenters. The standard InChI is InChI=1S/C27H37N3O/c1-20-17-29(19-22-8-5-4-6-9-22)14-12-25(20)30-15-13-27(3,21(2)18-30)24-11-7-10-23(16-24)26(28)31/h4-11,16,20-21,25H,12-15,17-19H2,1-3H3,(H2,28,31)/t20?,21-,25?,27+/m0/s1. The van der Waals surface area contributed by atoms with Crippen LogP contribution in [0.5, 0.6) is 0 Å². The fraction of sp³-hybridized carbons (Fsp3) is 0.519. The van der Waals surface area contributed by atoms with Gasteiger partial charge in [0.1, 0.15) is 0 Å². The normalized spacial score (nSPS) is 30.2. The lowest BCUT2D eigenvalue weighted by atomic mass is 9.67. The molecule has 1 amide bonds. The second kappa shape index (κ2) is 9.13. The number of primary amides is 1. The van der Waals surface area contributed by atoms with Gasteiger partial charge < -0.3 is 5.73 Å². The molecule has 2 aliphatic heterocycles. The van der Waals surface area contributed by atoms with Gasteiger partial charge in [0.05, 0.1) is 0 Å². The van der Waals surface area contributed by atoms with Gasteiger partial charge in [0.15, 0.2) is 0 Å². The summed E-state index contributed by atoms with van der Waals surface area (Å²) in [5.41, 5.74) is 8.90. The van der Waals surface area contributed by atoms with E-state index < -0.39 is 0 Å². The zero-order chi connectivity index (χ0) is 22.0. The molecular formula is C27H37N3O. The highest BCUT2D eigenvalue weighted by molar-refractivity contribution is 5.92. The predicted molar refractivity (Wildman–Crippen MR) is 127 cm³/mol. The van der Waals surface area contributed by atoms with Crippen LogP contribution in [0.3, 0.4) is 0 Å². The molecule has 2 unspecified atom stereocenters. The van der Waals surface area contributed by atoms with Gasteiger partial charge in [-0.1, -0.05) is 63.2 Å². The van der Waals surface area contributed by atoms with Gasteiger partial charge in [0.2, 0.25) is 5.91 Å². The largest absolute Gasteiger partial charge is 0.366 e. The van der Waals surface area contributed by atoms with Crippen LogP contribution in [0.1, 0.15) is 55.1 Å². The first-order chi connectivity index (χ1) is 14.9. The zero-order valence-corrected chi connectivity index (χ0v) is 19.3. The number of hydrogen-bond donors (Lipinski definition) is 1. The van der Waals surface area contributed by atoms with Crippen molar-refractivity contribution in [2.24, 2.45) is 17.6 Å². The minimum absolute atomic E-state index is 0.0825. The van der Waals surface area contributed by atoms with Crippen molar-refractivity contribution < 1.29 is 4.79 Å². The molecular weight excluding hydrogens is 382 g/mol. The van der Waals surface area contributed by atoms with Crippen LogP contribution in [0.15, 0.2) is 54.6 Å². The maximum absolute atomic E-state index is 11.7. The molecule has 0 spiro atoms. The van der Waals surface area contributed by atoms with Crippen LogP contribution in [0.25, 0.3) is 0 Å². The van der Waals surface area contributed by atoms with E-state index in [9.17, 15) is 4.79 Å². The highest BCUT2D eigenvalue weighted by Crippen LogP contribution is 2.41. The molecule has 0 aromatic heterocycles. The number of piperidine rings is 2. The zero-order valence-electron chi connectivity index (χ0n) is 19.3. The van der Waals surface area contributed by atoms with Gasteiger partial charge in [-0.15, -0.1) is 0 Å². The number of carbonyl (C=O) groups is 1. The number of amides is 1. The summed E-state index contributed by atoms with van der Waals surface area (Å²) in [5.74, 6) is 0.859. The number of nitrogens with zero attached hydrogens (tertiary/aromatic N) is 2. The topological polar surface area (TPSA) is 49.6 Å². The van der Waals surface area contributed by atoms with E-state index in [-0.39, 0.29) is 11.3 Å². The van der Waals surface area contributed by atoms with Crippen molar-refractivity contribution in [1.82, 2.24) is 9.80 Å². The van der Waals surface area contributed by atoms with Gasteiger partial charge in [-0.25, -0.2) is 0 Å². The van der Waals surface area contributed by atoms with Crippen LogP contribution in [0, 0.1) is 11.8 Å². The lowest BCUT2D eigenvalue weighted by Crippen LogP contribution is -2.56. The third-order valence-corrected chi connectivity index (χ3v) is 7.98. The van der Waals surface area contributed by atoms with Crippen molar-refractivity contribution in [1.29, 1.82) is 0 Å². The molecule has 4 nitrogen and oxygen atoms in total. The molecule has 0 bridgehead atoms. The first kappa shape index (κ1) is 22.0. The van der Waals surface area contributed by atoms with Crippen LogP contribution in [-0.4, -0.2) is 47.9 Å². The summed E-state index contributed by atoms with van der Waals surface area (Å²) in [5, 5.41) is 0. The van der Waals surface area contributed by atoms with E-state index in [1.807, 2.05) is 18.2 Å². The monoisotopic (exact) mass is 419 g/mol. The Kier molecular flexibility index (Phi) is 6.49. The summed E-state index contributed by atoms with van der Waals surface area (Å²) < 4.78 is 0. The predicted octanol–water partition coefficient (Wildman–Crippen LogP) is 4.30. The van der Waals surface area contributed by atoms with Crippen molar-refractivity contribution in [3.63, 3.8) is 0 Å². The SMILES string of the molecule is CC1CN(Cc2ccccc2)CCC1N1CC[C@@](C)(c2cccc(C(N)=O)c2)[C@@H](C)C1. The summed E-state index contributed by atoms with van der Waals surface area (Å²) in [6, 6.07) is 19.5. The summed E-state index contributed by atoms with van der Waals surface area (Å²) >= 11 is 0. The number of benzene rings is 2. The second-order valence-electron chi connectivity index (χ2n) is 10.1. The van der Waals surface area contributed by atoms with Crippen molar-refractivity contribution >= 4 is 5.91 Å². The minimum atomic E-state index is -0.341. The number of carbonyl (C=O) groups excluding carboxylic acids is 1. The number of rotatable bonds is 5. The van der Waals surface area contributed by atoms with E-state index in [4.69, 9.17) is 5.73 Å². The highest BCUT2D eigenvalue weighted by atomic mass is 16.1. The van der Waals surface area contributed by atoms with E-state index in [2.05, 4.69) is 67.0 Å². The molecule has 2 N–H and O–H groups in total. The first-order valence-corrected chi connectivity index (χ1v) is 11.8. The third-order valence-electron chi connectivity index (χ3n) is 7.98. The average molecular weight is 420 g/mol. The lowest BCUT2D eigenvalue weighted by Gasteiger charge is -2.50. The van der Waals surface area contributed by atoms with Crippen molar-refractivity contribution in [3.05, 3.63) is 71.3 Å². The molecule has 31 heavy (non-hydrogen) atoms. The van der Waals surface area contributed by atoms with E-state index in [1.165, 1.54) is 30.6 Å². The maximum Gasteiger partial charge on any atom is 0.248 e. The first-order valence-electron chi connectivity index (χ1n) is 11.8. The Balaban J connectivity index is 1.39. The Morgan fingerprint density at radius 3 is 2.52 bits per heavy atom. The van der Waals surface area contributed by atoms with Gasteiger partial charge in [-0.2, -0.15) is 0 Å². The van der Waals surface area contributed by atoms with Crippen molar-refractivity contribution in [2.75, 3.05) is 26.2 Å². The fourth-order valence-electron chi connectivity index (χ4n) is 5.77. The molecule has 2 heterocycles. The van der Waals surface area contributed by atoms with Gasteiger partial charge in [-0.3, -0.25) is 14.6 Å². The fourth-order valence-corrected chi connectivity index (χ4v) is 5.77. The van der Waals surface area contributed by atoms with E-state index >= 15 is 0 Å². The third kappa shape index (κ3) is 4.70. The Hall–Kier alpha value is -2.17.